The highest BCUT2D eigenvalue weighted by atomic mass is 15.6. The van der Waals surface area contributed by atoms with Crippen molar-refractivity contribution in [3.05, 3.63) is 65.7 Å². The van der Waals surface area contributed by atoms with Gasteiger partial charge in [0.2, 0.25) is 5.95 Å². The van der Waals surface area contributed by atoms with E-state index in [9.17, 15) is 0 Å². The summed E-state index contributed by atoms with van der Waals surface area (Å²) in [7, 11) is 4.09. The summed E-state index contributed by atoms with van der Waals surface area (Å²) in [5.74, 6) is 0.719. The lowest BCUT2D eigenvalue weighted by atomic mass is 9.93. The molecule has 1 aromatic heterocycles. The van der Waals surface area contributed by atoms with Crippen molar-refractivity contribution in [3.8, 4) is 0 Å². The summed E-state index contributed by atoms with van der Waals surface area (Å²) in [6.07, 6.45) is 0.906. The lowest BCUT2D eigenvalue weighted by molar-refractivity contribution is 0.424. The second-order valence-corrected chi connectivity index (χ2v) is 6.29. The van der Waals surface area contributed by atoms with Crippen molar-refractivity contribution in [2.24, 2.45) is 0 Å². The van der Waals surface area contributed by atoms with Gasteiger partial charge in [0.05, 0.1) is 12.1 Å². The minimum atomic E-state index is 0.123. The highest BCUT2D eigenvalue weighted by Gasteiger charge is 2.30. The third-order valence-electron chi connectivity index (χ3n) is 4.55. The number of benzene rings is 2. The van der Waals surface area contributed by atoms with Crippen molar-refractivity contribution >= 4 is 11.6 Å². The fourth-order valence-corrected chi connectivity index (χ4v) is 3.21. The van der Waals surface area contributed by atoms with Gasteiger partial charge in [-0.2, -0.15) is 0 Å². The number of fused-ring (bicyclic) bond motifs is 1. The van der Waals surface area contributed by atoms with E-state index < -0.39 is 0 Å². The Labute approximate surface area is 141 Å². The van der Waals surface area contributed by atoms with E-state index in [2.05, 4.69) is 74.3 Å². The molecule has 122 valence electrons. The standard InChI is InChI=1S/C18H20N6/c1-23(2)15-10-8-14(9-11-15)17-12-16(13-6-4-3-5-7-13)19-18-20-21-22-24(17)18/h3-11,16-17H,12H2,1-2H3,(H,19,20,22)/t16-,17-/m1/s1. The Hall–Kier alpha value is -2.89. The first-order valence-corrected chi connectivity index (χ1v) is 8.09. The zero-order valence-corrected chi connectivity index (χ0v) is 13.8. The van der Waals surface area contributed by atoms with Gasteiger partial charge in [-0.1, -0.05) is 47.6 Å². The highest BCUT2D eigenvalue weighted by Crippen LogP contribution is 2.37. The van der Waals surface area contributed by atoms with Crippen molar-refractivity contribution in [2.45, 2.75) is 18.5 Å². The molecule has 1 N–H and O–H groups in total. The predicted octanol–water partition coefficient (Wildman–Crippen LogP) is 2.89. The van der Waals surface area contributed by atoms with Crippen LogP contribution in [-0.4, -0.2) is 34.3 Å². The Morgan fingerprint density at radius 3 is 2.46 bits per heavy atom. The van der Waals surface area contributed by atoms with Gasteiger partial charge in [0.15, 0.2) is 0 Å². The molecule has 4 rings (SSSR count). The average Bonchev–Trinajstić information content (AvgIpc) is 3.10. The van der Waals surface area contributed by atoms with E-state index >= 15 is 0 Å². The number of aromatic nitrogens is 4. The topological polar surface area (TPSA) is 58.9 Å². The second kappa shape index (κ2) is 5.96. The number of hydrogen-bond acceptors (Lipinski definition) is 5. The van der Waals surface area contributed by atoms with Crippen molar-refractivity contribution in [2.75, 3.05) is 24.3 Å². The molecule has 0 saturated heterocycles. The summed E-state index contributed by atoms with van der Waals surface area (Å²) in [6, 6.07) is 19.4. The van der Waals surface area contributed by atoms with Gasteiger partial charge in [-0.25, -0.2) is 4.68 Å². The third kappa shape index (κ3) is 2.60. The Morgan fingerprint density at radius 2 is 1.75 bits per heavy atom. The van der Waals surface area contributed by atoms with Gasteiger partial charge in [0, 0.05) is 19.8 Å². The fraction of sp³-hybridized carbons (Fsp3) is 0.278. The zero-order valence-electron chi connectivity index (χ0n) is 13.8. The summed E-state index contributed by atoms with van der Waals surface area (Å²) in [5.41, 5.74) is 3.66. The summed E-state index contributed by atoms with van der Waals surface area (Å²) in [5, 5.41) is 15.6. The molecule has 6 nitrogen and oxygen atoms in total. The Kier molecular flexibility index (Phi) is 3.65. The molecule has 0 spiro atoms. The summed E-state index contributed by atoms with van der Waals surface area (Å²) >= 11 is 0. The Morgan fingerprint density at radius 1 is 1.00 bits per heavy atom. The van der Waals surface area contributed by atoms with Crippen LogP contribution in [0.25, 0.3) is 0 Å². The van der Waals surface area contributed by atoms with Gasteiger partial charge in [0.25, 0.3) is 0 Å². The van der Waals surface area contributed by atoms with Crippen molar-refractivity contribution in [1.82, 2.24) is 20.2 Å². The number of anilines is 2. The van der Waals surface area contributed by atoms with Crippen LogP contribution in [0, 0.1) is 0 Å². The normalized spacial score (nSPS) is 19.4. The van der Waals surface area contributed by atoms with Crippen LogP contribution in [-0.2, 0) is 0 Å². The number of tetrazole rings is 1. The van der Waals surface area contributed by atoms with Crippen LogP contribution < -0.4 is 10.2 Å². The number of nitrogens with one attached hydrogen (secondary N) is 1. The van der Waals surface area contributed by atoms with Crippen LogP contribution in [0.3, 0.4) is 0 Å². The van der Waals surface area contributed by atoms with Gasteiger partial charge >= 0.3 is 0 Å². The van der Waals surface area contributed by atoms with E-state index in [-0.39, 0.29) is 12.1 Å². The van der Waals surface area contributed by atoms with Gasteiger partial charge in [-0.05, 0) is 40.1 Å². The summed E-state index contributed by atoms with van der Waals surface area (Å²) in [6.45, 7) is 0. The first-order valence-electron chi connectivity index (χ1n) is 8.09. The highest BCUT2D eigenvalue weighted by molar-refractivity contribution is 5.47. The van der Waals surface area contributed by atoms with Crippen LogP contribution in [0.5, 0.6) is 0 Å². The van der Waals surface area contributed by atoms with E-state index in [1.54, 1.807) is 0 Å². The van der Waals surface area contributed by atoms with Gasteiger partial charge < -0.3 is 10.2 Å². The minimum absolute atomic E-state index is 0.123. The van der Waals surface area contributed by atoms with Crippen molar-refractivity contribution in [1.29, 1.82) is 0 Å². The third-order valence-corrected chi connectivity index (χ3v) is 4.55. The first-order chi connectivity index (χ1) is 11.7. The molecule has 0 unspecified atom stereocenters. The average molecular weight is 320 g/mol. The number of nitrogens with zero attached hydrogens (tertiary/aromatic N) is 5. The van der Waals surface area contributed by atoms with Gasteiger partial charge in [-0.3, -0.25) is 0 Å². The van der Waals surface area contributed by atoms with Crippen molar-refractivity contribution in [3.63, 3.8) is 0 Å². The lowest BCUT2D eigenvalue weighted by Gasteiger charge is -2.31. The molecule has 6 heteroatoms. The molecular formula is C18H20N6. The molecule has 0 saturated carbocycles. The van der Waals surface area contributed by atoms with E-state index in [1.165, 1.54) is 16.8 Å². The van der Waals surface area contributed by atoms with Gasteiger partial charge in [0.1, 0.15) is 0 Å². The Balaban J connectivity index is 1.69. The van der Waals surface area contributed by atoms with Crippen LogP contribution in [0.15, 0.2) is 54.6 Å². The number of rotatable bonds is 3. The molecule has 1 aliphatic heterocycles. The van der Waals surface area contributed by atoms with E-state index in [1.807, 2.05) is 24.8 Å². The Bertz CT molecular complexity index is 809. The first kappa shape index (κ1) is 14.7. The molecule has 1 aliphatic rings. The molecule has 2 heterocycles. The molecule has 0 bridgehead atoms. The maximum atomic E-state index is 4.18. The quantitative estimate of drug-likeness (QED) is 0.804. The van der Waals surface area contributed by atoms with E-state index in [0.717, 1.165) is 12.4 Å². The van der Waals surface area contributed by atoms with Crippen LogP contribution in [0.2, 0.25) is 0 Å². The maximum Gasteiger partial charge on any atom is 0.243 e. The molecule has 0 amide bonds. The maximum absolute atomic E-state index is 4.18. The minimum Gasteiger partial charge on any atom is -0.378 e. The predicted molar refractivity (Wildman–Crippen MR) is 94.1 cm³/mol. The largest absolute Gasteiger partial charge is 0.378 e. The molecular weight excluding hydrogens is 300 g/mol. The van der Waals surface area contributed by atoms with E-state index in [0.29, 0.717) is 0 Å². The van der Waals surface area contributed by atoms with Crippen LogP contribution in [0.1, 0.15) is 29.6 Å². The fourth-order valence-electron chi connectivity index (χ4n) is 3.21. The monoisotopic (exact) mass is 320 g/mol. The molecule has 3 aromatic rings. The molecule has 24 heavy (non-hydrogen) atoms. The summed E-state index contributed by atoms with van der Waals surface area (Å²) in [4.78, 5) is 2.10. The molecule has 0 aliphatic carbocycles. The van der Waals surface area contributed by atoms with Crippen LogP contribution in [0.4, 0.5) is 11.6 Å². The smallest absolute Gasteiger partial charge is 0.243 e. The molecule has 0 fully saturated rings. The van der Waals surface area contributed by atoms with E-state index in [4.69, 9.17) is 0 Å². The van der Waals surface area contributed by atoms with Crippen molar-refractivity contribution < 1.29 is 0 Å². The molecule has 2 aromatic carbocycles. The SMILES string of the molecule is CN(C)c1ccc([C@H]2C[C@H](c3ccccc3)Nc3nnnn32)cc1. The van der Waals surface area contributed by atoms with Gasteiger partial charge in [-0.15, -0.1) is 0 Å². The zero-order chi connectivity index (χ0) is 16.5. The van der Waals surface area contributed by atoms with Crippen LogP contribution >= 0.6 is 0 Å². The lowest BCUT2D eigenvalue weighted by Crippen LogP contribution is -2.28. The second-order valence-electron chi connectivity index (χ2n) is 6.29. The summed E-state index contributed by atoms with van der Waals surface area (Å²) < 4.78 is 1.88. The number of hydrogen-bond donors (Lipinski definition) is 1. The molecule has 0 radical (unpaired) electrons. The molecule has 2 atom stereocenters.